The van der Waals surface area contributed by atoms with Gasteiger partial charge in [0.1, 0.15) is 22.5 Å². The molecule has 0 saturated heterocycles. The third-order valence-corrected chi connectivity index (χ3v) is 4.30. The molecule has 2 aromatic heterocycles. The Kier molecular flexibility index (Phi) is 5.71. The molecule has 0 aliphatic carbocycles. The van der Waals surface area contributed by atoms with Crippen molar-refractivity contribution in [3.8, 4) is 0 Å². The summed E-state index contributed by atoms with van der Waals surface area (Å²) in [6, 6.07) is 0. The first-order valence-electron chi connectivity index (χ1n) is 7.78. The van der Waals surface area contributed by atoms with Crippen LogP contribution in [-0.4, -0.2) is 33.9 Å². The van der Waals surface area contributed by atoms with E-state index in [1.54, 1.807) is 6.92 Å². The van der Waals surface area contributed by atoms with E-state index in [1.807, 2.05) is 20.8 Å². The van der Waals surface area contributed by atoms with Crippen molar-refractivity contribution in [3.05, 3.63) is 27.6 Å². The zero-order valence-electron chi connectivity index (χ0n) is 14.3. The number of fused-ring (bicyclic) bond motifs is 1. The maximum Gasteiger partial charge on any atom is 0.327 e. The van der Waals surface area contributed by atoms with E-state index in [0.29, 0.717) is 33.3 Å². The summed E-state index contributed by atoms with van der Waals surface area (Å²) in [7, 11) is 0. The maximum atomic E-state index is 12.6. The SMILES string of the molecule is C=C(OCC)c1nc2c(C(C)C)nn(CC(=O)OCC)c(=O)c2s1. The van der Waals surface area contributed by atoms with Crippen molar-refractivity contribution in [2.24, 2.45) is 0 Å². The Balaban J connectivity index is 2.58. The van der Waals surface area contributed by atoms with Crippen LogP contribution in [0.1, 0.15) is 44.3 Å². The van der Waals surface area contributed by atoms with Crippen molar-refractivity contribution < 1.29 is 14.3 Å². The summed E-state index contributed by atoms with van der Waals surface area (Å²) in [5.41, 5.74) is 0.826. The van der Waals surface area contributed by atoms with Gasteiger partial charge >= 0.3 is 5.97 Å². The molecule has 0 bridgehead atoms. The average Bonchev–Trinajstić information content (AvgIpc) is 2.96. The molecule has 2 rings (SSSR count). The predicted octanol–water partition coefficient (Wildman–Crippen LogP) is 2.55. The second-order valence-electron chi connectivity index (χ2n) is 5.36. The second-order valence-corrected chi connectivity index (χ2v) is 6.36. The van der Waals surface area contributed by atoms with Gasteiger partial charge in [-0.15, -0.1) is 11.3 Å². The first-order chi connectivity index (χ1) is 11.4. The Morgan fingerprint density at radius 3 is 2.54 bits per heavy atom. The lowest BCUT2D eigenvalue weighted by molar-refractivity contribution is -0.144. The van der Waals surface area contributed by atoms with Crippen molar-refractivity contribution in [3.63, 3.8) is 0 Å². The van der Waals surface area contributed by atoms with Crippen LogP contribution < -0.4 is 5.56 Å². The summed E-state index contributed by atoms with van der Waals surface area (Å²) in [6.07, 6.45) is 0. The Hall–Kier alpha value is -2.22. The van der Waals surface area contributed by atoms with E-state index in [0.717, 1.165) is 4.68 Å². The molecule has 7 nitrogen and oxygen atoms in total. The number of aromatic nitrogens is 3. The lowest BCUT2D eigenvalue weighted by Gasteiger charge is -2.09. The highest BCUT2D eigenvalue weighted by Crippen LogP contribution is 2.28. The zero-order valence-corrected chi connectivity index (χ0v) is 15.1. The highest BCUT2D eigenvalue weighted by Gasteiger charge is 2.20. The first kappa shape index (κ1) is 18.1. The molecule has 0 spiro atoms. The van der Waals surface area contributed by atoms with Crippen LogP contribution in [0.3, 0.4) is 0 Å². The minimum atomic E-state index is -0.496. The van der Waals surface area contributed by atoms with E-state index in [1.165, 1.54) is 11.3 Å². The van der Waals surface area contributed by atoms with E-state index in [-0.39, 0.29) is 24.6 Å². The summed E-state index contributed by atoms with van der Waals surface area (Å²) in [4.78, 5) is 28.8. The Morgan fingerprint density at radius 2 is 1.96 bits per heavy atom. The largest absolute Gasteiger partial charge is 0.491 e. The van der Waals surface area contributed by atoms with Gasteiger partial charge in [0.2, 0.25) is 0 Å². The molecule has 0 aromatic carbocycles. The minimum Gasteiger partial charge on any atom is -0.491 e. The van der Waals surface area contributed by atoms with Gasteiger partial charge in [0.05, 0.1) is 18.9 Å². The molecule has 0 N–H and O–H groups in total. The third-order valence-electron chi connectivity index (χ3n) is 3.22. The van der Waals surface area contributed by atoms with Gasteiger partial charge in [0.15, 0.2) is 5.01 Å². The van der Waals surface area contributed by atoms with Gasteiger partial charge in [0, 0.05) is 0 Å². The lowest BCUT2D eigenvalue weighted by Crippen LogP contribution is -2.28. The number of esters is 1. The minimum absolute atomic E-state index is 0.0388. The van der Waals surface area contributed by atoms with E-state index < -0.39 is 5.97 Å². The number of hydrogen-bond donors (Lipinski definition) is 0. The van der Waals surface area contributed by atoms with Crippen LogP contribution >= 0.6 is 11.3 Å². The lowest BCUT2D eigenvalue weighted by atomic mass is 10.1. The summed E-state index contributed by atoms with van der Waals surface area (Å²) in [5.74, 6) is -0.0359. The summed E-state index contributed by atoms with van der Waals surface area (Å²) in [5, 5.41) is 4.86. The number of rotatable bonds is 7. The van der Waals surface area contributed by atoms with Crippen molar-refractivity contribution in [1.29, 1.82) is 0 Å². The molecule has 8 heteroatoms. The van der Waals surface area contributed by atoms with Gasteiger partial charge in [-0.3, -0.25) is 9.59 Å². The van der Waals surface area contributed by atoms with Crippen LogP contribution in [0.5, 0.6) is 0 Å². The quantitative estimate of drug-likeness (QED) is 0.563. The van der Waals surface area contributed by atoms with Gasteiger partial charge in [-0.2, -0.15) is 5.10 Å². The molecule has 24 heavy (non-hydrogen) atoms. The normalized spacial score (nSPS) is 11.0. The van der Waals surface area contributed by atoms with Gasteiger partial charge < -0.3 is 9.47 Å². The van der Waals surface area contributed by atoms with Crippen LogP contribution in [0.25, 0.3) is 16.0 Å². The van der Waals surface area contributed by atoms with E-state index in [2.05, 4.69) is 16.7 Å². The van der Waals surface area contributed by atoms with Crippen molar-refractivity contribution >= 4 is 33.3 Å². The summed E-state index contributed by atoms with van der Waals surface area (Å²) in [6.45, 7) is 11.8. The van der Waals surface area contributed by atoms with Gasteiger partial charge in [0.25, 0.3) is 5.56 Å². The van der Waals surface area contributed by atoms with Crippen molar-refractivity contribution in [1.82, 2.24) is 14.8 Å². The molecular weight excluding hydrogens is 330 g/mol. The Bertz CT molecular complexity index is 823. The fraction of sp³-hybridized carbons (Fsp3) is 0.500. The van der Waals surface area contributed by atoms with Crippen LogP contribution in [0, 0.1) is 0 Å². The number of carbonyl (C=O) groups excluding carboxylic acids is 1. The maximum absolute atomic E-state index is 12.6. The topological polar surface area (TPSA) is 83.3 Å². The van der Waals surface area contributed by atoms with E-state index >= 15 is 0 Å². The standard InChI is InChI=1S/C16H21N3O4S/c1-6-22-10(5)15-17-13-12(9(3)4)18-19(8-11(20)23-7-2)16(21)14(13)24-15/h9H,5-8H2,1-4H3. The molecule has 0 aliphatic rings. The molecule has 0 saturated carbocycles. The van der Waals surface area contributed by atoms with Crippen LogP contribution in [0.15, 0.2) is 11.4 Å². The van der Waals surface area contributed by atoms with Gasteiger partial charge in [-0.25, -0.2) is 9.67 Å². The monoisotopic (exact) mass is 351 g/mol. The summed E-state index contributed by atoms with van der Waals surface area (Å²) >= 11 is 1.20. The molecule has 0 aliphatic heterocycles. The third kappa shape index (κ3) is 3.64. The van der Waals surface area contributed by atoms with Crippen LogP contribution in [-0.2, 0) is 20.8 Å². The molecular formula is C16H21N3O4S. The number of nitrogens with zero attached hydrogens (tertiary/aromatic N) is 3. The second kappa shape index (κ2) is 7.57. The molecule has 0 unspecified atom stereocenters. The van der Waals surface area contributed by atoms with E-state index in [9.17, 15) is 9.59 Å². The molecule has 0 fully saturated rings. The molecule has 2 aromatic rings. The van der Waals surface area contributed by atoms with Gasteiger partial charge in [-0.1, -0.05) is 20.4 Å². The number of ether oxygens (including phenoxy) is 2. The first-order valence-corrected chi connectivity index (χ1v) is 8.59. The molecule has 0 amide bonds. The number of carbonyl (C=O) groups is 1. The highest BCUT2D eigenvalue weighted by molar-refractivity contribution is 7.19. The molecule has 0 atom stereocenters. The molecule has 130 valence electrons. The van der Waals surface area contributed by atoms with Crippen molar-refractivity contribution in [2.75, 3.05) is 13.2 Å². The average molecular weight is 351 g/mol. The molecule has 2 heterocycles. The van der Waals surface area contributed by atoms with Crippen LogP contribution in [0.2, 0.25) is 0 Å². The number of hydrogen-bond acceptors (Lipinski definition) is 7. The Morgan fingerprint density at radius 1 is 1.29 bits per heavy atom. The summed E-state index contributed by atoms with van der Waals surface area (Å²) < 4.78 is 11.9. The fourth-order valence-electron chi connectivity index (χ4n) is 2.16. The molecule has 0 radical (unpaired) electrons. The smallest absolute Gasteiger partial charge is 0.327 e. The Labute approximate surface area is 143 Å². The highest BCUT2D eigenvalue weighted by atomic mass is 32.1. The van der Waals surface area contributed by atoms with Crippen LogP contribution in [0.4, 0.5) is 0 Å². The van der Waals surface area contributed by atoms with E-state index in [4.69, 9.17) is 9.47 Å². The van der Waals surface area contributed by atoms with Gasteiger partial charge in [-0.05, 0) is 19.8 Å². The van der Waals surface area contributed by atoms with Crippen molar-refractivity contribution in [2.45, 2.75) is 40.2 Å². The number of thiazole rings is 1. The predicted molar refractivity (Wildman–Crippen MR) is 93.1 cm³/mol. The fourth-order valence-corrected chi connectivity index (χ4v) is 3.10. The zero-order chi connectivity index (χ0) is 17.9.